The maximum Gasteiger partial charge on any atom is 0.123 e. The summed E-state index contributed by atoms with van der Waals surface area (Å²) in [6.45, 7) is 4.88. The second-order valence-corrected chi connectivity index (χ2v) is 4.30. The van der Waals surface area contributed by atoms with Crippen LogP contribution in [-0.2, 0) is 6.54 Å². The third kappa shape index (κ3) is 3.06. The molecule has 0 heterocycles. The number of nitrogens with one attached hydrogen (secondary N) is 1. The van der Waals surface area contributed by atoms with E-state index >= 15 is 0 Å². The number of aryl methyl sites for hydroxylation is 2. The minimum absolute atomic E-state index is 0.194. The second-order valence-electron chi connectivity index (χ2n) is 4.30. The van der Waals surface area contributed by atoms with Crippen molar-refractivity contribution in [2.45, 2.75) is 20.4 Å². The highest BCUT2D eigenvalue weighted by Gasteiger charge is 1.98. The Hall–Kier alpha value is -1.83. The quantitative estimate of drug-likeness (QED) is 0.837. The van der Waals surface area contributed by atoms with Crippen LogP contribution < -0.4 is 5.32 Å². The van der Waals surface area contributed by atoms with Crippen LogP contribution in [-0.4, -0.2) is 0 Å². The molecule has 0 unspecified atom stereocenters. The van der Waals surface area contributed by atoms with E-state index in [-0.39, 0.29) is 5.82 Å². The van der Waals surface area contributed by atoms with Crippen LogP contribution in [0, 0.1) is 19.7 Å². The number of hydrogen-bond acceptors (Lipinski definition) is 1. The first kappa shape index (κ1) is 11.6. The number of anilines is 1. The first-order chi connectivity index (χ1) is 8.15. The van der Waals surface area contributed by atoms with Gasteiger partial charge in [0.15, 0.2) is 0 Å². The van der Waals surface area contributed by atoms with Crippen LogP contribution in [0.5, 0.6) is 0 Å². The van der Waals surface area contributed by atoms with Gasteiger partial charge in [-0.1, -0.05) is 29.8 Å². The molecule has 0 aliphatic carbocycles. The molecule has 0 aromatic heterocycles. The van der Waals surface area contributed by atoms with Gasteiger partial charge in [-0.25, -0.2) is 4.39 Å². The van der Waals surface area contributed by atoms with Gasteiger partial charge in [-0.05, 0) is 43.2 Å². The fraction of sp³-hybridized carbons (Fsp3) is 0.200. The number of hydrogen-bond donors (Lipinski definition) is 1. The van der Waals surface area contributed by atoms with Crippen molar-refractivity contribution in [3.63, 3.8) is 0 Å². The van der Waals surface area contributed by atoms with Crippen molar-refractivity contribution in [1.82, 2.24) is 0 Å². The van der Waals surface area contributed by atoms with Gasteiger partial charge >= 0.3 is 0 Å². The van der Waals surface area contributed by atoms with E-state index in [4.69, 9.17) is 0 Å². The molecule has 0 spiro atoms. The molecule has 0 saturated carbocycles. The molecule has 0 atom stereocenters. The molecule has 0 aliphatic rings. The van der Waals surface area contributed by atoms with E-state index in [1.54, 1.807) is 12.1 Å². The van der Waals surface area contributed by atoms with Gasteiger partial charge in [0.25, 0.3) is 0 Å². The van der Waals surface area contributed by atoms with Gasteiger partial charge in [0.2, 0.25) is 0 Å². The Labute approximate surface area is 101 Å². The molecule has 88 valence electrons. The topological polar surface area (TPSA) is 12.0 Å². The molecular weight excluding hydrogens is 213 g/mol. The van der Waals surface area contributed by atoms with Crippen molar-refractivity contribution in [2.24, 2.45) is 0 Å². The standard InChI is InChI=1S/C15H16FN/c1-11-3-8-15(12(2)9-11)17-10-13-4-6-14(16)7-5-13/h3-9,17H,10H2,1-2H3. The Bertz CT molecular complexity index is 503. The summed E-state index contributed by atoms with van der Waals surface area (Å²) in [7, 11) is 0. The summed E-state index contributed by atoms with van der Waals surface area (Å²) in [5, 5.41) is 3.35. The van der Waals surface area contributed by atoms with Gasteiger partial charge < -0.3 is 5.32 Å². The summed E-state index contributed by atoms with van der Waals surface area (Å²) in [6, 6.07) is 12.9. The summed E-state index contributed by atoms with van der Waals surface area (Å²) in [5.41, 5.74) is 4.69. The monoisotopic (exact) mass is 229 g/mol. The average Bonchev–Trinajstić information content (AvgIpc) is 2.30. The smallest absolute Gasteiger partial charge is 0.123 e. The van der Waals surface area contributed by atoms with Gasteiger partial charge in [0.05, 0.1) is 0 Å². The van der Waals surface area contributed by atoms with Gasteiger partial charge in [-0.2, -0.15) is 0 Å². The molecule has 1 nitrogen and oxygen atoms in total. The minimum atomic E-state index is -0.194. The number of rotatable bonds is 3. The van der Waals surface area contributed by atoms with Crippen molar-refractivity contribution in [3.05, 3.63) is 65.0 Å². The second kappa shape index (κ2) is 5.00. The third-order valence-electron chi connectivity index (χ3n) is 2.78. The van der Waals surface area contributed by atoms with Gasteiger partial charge in [0.1, 0.15) is 5.82 Å². The molecular formula is C15H16FN. The summed E-state index contributed by atoms with van der Waals surface area (Å²) in [6.07, 6.45) is 0. The minimum Gasteiger partial charge on any atom is -0.381 e. The molecule has 1 N–H and O–H groups in total. The Morgan fingerprint density at radius 2 is 1.71 bits per heavy atom. The Morgan fingerprint density at radius 1 is 1.00 bits per heavy atom. The van der Waals surface area contributed by atoms with Crippen molar-refractivity contribution in [1.29, 1.82) is 0 Å². The van der Waals surface area contributed by atoms with Gasteiger partial charge in [-0.15, -0.1) is 0 Å². The lowest BCUT2D eigenvalue weighted by Crippen LogP contribution is -2.01. The van der Waals surface area contributed by atoms with E-state index in [1.165, 1.54) is 23.3 Å². The maximum atomic E-state index is 12.7. The molecule has 0 aliphatic heterocycles. The summed E-state index contributed by atoms with van der Waals surface area (Å²) < 4.78 is 12.7. The molecule has 17 heavy (non-hydrogen) atoms. The highest BCUT2D eigenvalue weighted by molar-refractivity contribution is 5.52. The normalized spacial score (nSPS) is 10.3. The SMILES string of the molecule is Cc1ccc(NCc2ccc(F)cc2)c(C)c1. The molecule has 0 saturated heterocycles. The predicted molar refractivity (Wildman–Crippen MR) is 69.6 cm³/mol. The van der Waals surface area contributed by atoms with Crippen molar-refractivity contribution in [2.75, 3.05) is 5.32 Å². The molecule has 0 amide bonds. The fourth-order valence-electron chi connectivity index (χ4n) is 1.81. The van der Waals surface area contributed by atoms with Crippen molar-refractivity contribution < 1.29 is 4.39 Å². The third-order valence-corrected chi connectivity index (χ3v) is 2.78. The molecule has 0 bridgehead atoms. The first-order valence-electron chi connectivity index (χ1n) is 5.71. The Morgan fingerprint density at radius 3 is 2.35 bits per heavy atom. The zero-order valence-electron chi connectivity index (χ0n) is 10.1. The van der Waals surface area contributed by atoms with E-state index in [0.717, 1.165) is 11.3 Å². The summed E-state index contributed by atoms with van der Waals surface area (Å²) in [4.78, 5) is 0. The van der Waals surface area contributed by atoms with E-state index in [2.05, 4.69) is 37.4 Å². The van der Waals surface area contributed by atoms with Crippen LogP contribution in [0.4, 0.5) is 10.1 Å². The molecule has 0 fully saturated rings. The highest BCUT2D eigenvalue weighted by Crippen LogP contribution is 2.17. The zero-order valence-corrected chi connectivity index (χ0v) is 10.1. The van der Waals surface area contributed by atoms with Crippen LogP contribution in [0.2, 0.25) is 0 Å². The summed E-state index contributed by atoms with van der Waals surface area (Å²) in [5.74, 6) is -0.194. The molecule has 2 heteroatoms. The fourth-order valence-corrected chi connectivity index (χ4v) is 1.81. The largest absolute Gasteiger partial charge is 0.381 e. The first-order valence-corrected chi connectivity index (χ1v) is 5.71. The van der Waals surface area contributed by atoms with Crippen LogP contribution in [0.1, 0.15) is 16.7 Å². The lowest BCUT2D eigenvalue weighted by molar-refractivity contribution is 0.627. The maximum absolute atomic E-state index is 12.7. The summed E-state index contributed by atoms with van der Waals surface area (Å²) >= 11 is 0. The average molecular weight is 229 g/mol. The number of halogens is 1. The lowest BCUT2D eigenvalue weighted by atomic mass is 10.1. The van der Waals surface area contributed by atoms with Crippen molar-refractivity contribution in [3.8, 4) is 0 Å². The van der Waals surface area contributed by atoms with E-state index in [9.17, 15) is 4.39 Å². The number of benzene rings is 2. The lowest BCUT2D eigenvalue weighted by Gasteiger charge is -2.10. The van der Waals surface area contributed by atoms with Gasteiger partial charge in [0, 0.05) is 12.2 Å². The molecule has 0 radical (unpaired) electrons. The Balaban J connectivity index is 2.04. The van der Waals surface area contributed by atoms with Crippen LogP contribution >= 0.6 is 0 Å². The predicted octanol–water partition coefficient (Wildman–Crippen LogP) is 4.05. The molecule has 2 rings (SSSR count). The zero-order chi connectivity index (χ0) is 12.3. The molecule has 2 aromatic carbocycles. The van der Waals surface area contributed by atoms with Crippen LogP contribution in [0.25, 0.3) is 0 Å². The van der Waals surface area contributed by atoms with Crippen LogP contribution in [0.15, 0.2) is 42.5 Å². The highest BCUT2D eigenvalue weighted by atomic mass is 19.1. The Kier molecular flexibility index (Phi) is 3.43. The van der Waals surface area contributed by atoms with E-state index in [1.807, 2.05) is 0 Å². The molecule has 2 aromatic rings. The van der Waals surface area contributed by atoms with Crippen molar-refractivity contribution >= 4 is 5.69 Å². The van der Waals surface area contributed by atoms with E-state index < -0.39 is 0 Å². The van der Waals surface area contributed by atoms with Gasteiger partial charge in [-0.3, -0.25) is 0 Å². The van der Waals surface area contributed by atoms with E-state index in [0.29, 0.717) is 6.54 Å². The van der Waals surface area contributed by atoms with Crippen LogP contribution in [0.3, 0.4) is 0 Å².